The summed E-state index contributed by atoms with van der Waals surface area (Å²) in [5.41, 5.74) is 3.96. The second kappa shape index (κ2) is 7.41. The summed E-state index contributed by atoms with van der Waals surface area (Å²) in [6.45, 7) is 4.16. The van der Waals surface area contributed by atoms with E-state index in [0.717, 1.165) is 31.7 Å². The molecule has 22 heavy (non-hydrogen) atoms. The lowest BCUT2D eigenvalue weighted by atomic mass is 9.92. The average molecular weight is 295 g/mol. The van der Waals surface area contributed by atoms with E-state index in [0.29, 0.717) is 6.04 Å². The summed E-state index contributed by atoms with van der Waals surface area (Å²) in [6, 6.07) is 15.4. The lowest BCUT2D eigenvalue weighted by Gasteiger charge is -2.25. The second-order valence-corrected chi connectivity index (χ2v) is 6.04. The predicted molar refractivity (Wildman–Crippen MR) is 92.1 cm³/mol. The van der Waals surface area contributed by atoms with Crippen LogP contribution in [-0.4, -0.2) is 17.6 Å². The van der Waals surface area contributed by atoms with E-state index in [4.69, 9.17) is 4.98 Å². The molecule has 2 aromatic rings. The van der Waals surface area contributed by atoms with Crippen molar-refractivity contribution in [2.24, 2.45) is 0 Å². The quantitative estimate of drug-likeness (QED) is 0.855. The van der Waals surface area contributed by atoms with E-state index in [1.54, 1.807) is 0 Å². The number of hydrogen-bond acceptors (Lipinski definition) is 3. The Hall–Kier alpha value is -1.87. The molecule has 0 amide bonds. The highest BCUT2D eigenvalue weighted by molar-refractivity contribution is 5.40. The van der Waals surface area contributed by atoms with Crippen LogP contribution >= 0.6 is 0 Å². The Bertz CT molecular complexity index is 595. The fourth-order valence-electron chi connectivity index (χ4n) is 3.02. The molecule has 2 N–H and O–H groups in total. The molecule has 0 spiro atoms. The van der Waals surface area contributed by atoms with Gasteiger partial charge in [-0.2, -0.15) is 0 Å². The molecule has 1 aliphatic carbocycles. The molecule has 0 saturated carbocycles. The zero-order valence-electron chi connectivity index (χ0n) is 13.3. The summed E-state index contributed by atoms with van der Waals surface area (Å²) in [6.07, 6.45) is 4.59. The van der Waals surface area contributed by atoms with Crippen LogP contribution in [0.4, 0.5) is 5.82 Å². The Kier molecular flexibility index (Phi) is 5.07. The largest absolute Gasteiger partial charge is 0.366 e. The van der Waals surface area contributed by atoms with Crippen molar-refractivity contribution in [2.45, 2.75) is 45.2 Å². The second-order valence-electron chi connectivity index (χ2n) is 6.04. The minimum Gasteiger partial charge on any atom is -0.366 e. The number of pyridine rings is 1. The summed E-state index contributed by atoms with van der Waals surface area (Å²) in [5, 5.41) is 7.06. The van der Waals surface area contributed by atoms with Gasteiger partial charge in [0.1, 0.15) is 5.82 Å². The highest BCUT2D eigenvalue weighted by Crippen LogP contribution is 2.22. The van der Waals surface area contributed by atoms with E-state index in [1.807, 2.05) is 6.07 Å². The Morgan fingerprint density at radius 3 is 2.82 bits per heavy atom. The van der Waals surface area contributed by atoms with E-state index in [2.05, 4.69) is 54.0 Å². The van der Waals surface area contributed by atoms with E-state index in [-0.39, 0.29) is 0 Å². The number of aromatic nitrogens is 1. The first kappa shape index (κ1) is 15.0. The average Bonchev–Trinajstić information content (AvgIpc) is 2.59. The maximum Gasteiger partial charge on any atom is 0.126 e. The molecule has 1 aromatic heterocycles. The maximum atomic E-state index is 4.80. The Morgan fingerprint density at radius 2 is 2.00 bits per heavy atom. The molecule has 3 heteroatoms. The fraction of sp³-hybridized carbons (Fsp3) is 0.421. The van der Waals surface area contributed by atoms with Crippen LogP contribution in [-0.2, 0) is 19.4 Å². The fourth-order valence-corrected chi connectivity index (χ4v) is 3.02. The SMILES string of the molecule is CCCNC1CCc2nc(NCc3ccccc3)ccc2C1. The molecule has 0 saturated heterocycles. The highest BCUT2D eigenvalue weighted by atomic mass is 15.0. The van der Waals surface area contributed by atoms with Crippen molar-refractivity contribution in [2.75, 3.05) is 11.9 Å². The minimum absolute atomic E-state index is 0.623. The number of nitrogens with one attached hydrogen (secondary N) is 2. The van der Waals surface area contributed by atoms with Crippen molar-refractivity contribution in [1.29, 1.82) is 0 Å². The standard InChI is InChI=1S/C19H25N3/c1-2-12-20-17-9-10-18-16(13-17)8-11-19(22-18)21-14-15-6-4-3-5-7-15/h3-8,11,17,20H,2,9-10,12-14H2,1H3,(H,21,22). The van der Waals surface area contributed by atoms with Crippen molar-refractivity contribution in [3.63, 3.8) is 0 Å². The van der Waals surface area contributed by atoms with E-state index >= 15 is 0 Å². The van der Waals surface area contributed by atoms with Crippen molar-refractivity contribution < 1.29 is 0 Å². The Labute approximate surface area is 133 Å². The monoisotopic (exact) mass is 295 g/mol. The number of nitrogens with zero attached hydrogens (tertiary/aromatic N) is 1. The minimum atomic E-state index is 0.623. The van der Waals surface area contributed by atoms with Gasteiger partial charge in [-0.1, -0.05) is 43.3 Å². The van der Waals surface area contributed by atoms with Crippen molar-refractivity contribution >= 4 is 5.82 Å². The van der Waals surface area contributed by atoms with Gasteiger partial charge >= 0.3 is 0 Å². The van der Waals surface area contributed by atoms with E-state index < -0.39 is 0 Å². The molecule has 1 unspecified atom stereocenters. The maximum absolute atomic E-state index is 4.80. The number of hydrogen-bond donors (Lipinski definition) is 2. The summed E-state index contributed by atoms with van der Waals surface area (Å²) in [4.78, 5) is 4.80. The van der Waals surface area contributed by atoms with Gasteiger partial charge in [-0.3, -0.25) is 0 Å². The number of fused-ring (bicyclic) bond motifs is 1. The van der Waals surface area contributed by atoms with E-state index in [1.165, 1.54) is 29.7 Å². The third-order valence-corrected chi connectivity index (χ3v) is 4.26. The molecule has 0 bridgehead atoms. The lowest BCUT2D eigenvalue weighted by molar-refractivity contribution is 0.455. The first-order valence-electron chi connectivity index (χ1n) is 8.35. The summed E-state index contributed by atoms with van der Waals surface area (Å²) in [7, 11) is 0. The van der Waals surface area contributed by atoms with Gasteiger partial charge in [-0.25, -0.2) is 4.98 Å². The van der Waals surface area contributed by atoms with Crippen molar-refractivity contribution in [1.82, 2.24) is 10.3 Å². The Balaban J connectivity index is 1.60. The molecule has 116 valence electrons. The van der Waals surface area contributed by atoms with Crippen LogP contribution in [0, 0.1) is 0 Å². The summed E-state index contributed by atoms with van der Waals surface area (Å²) >= 11 is 0. The summed E-state index contributed by atoms with van der Waals surface area (Å²) in [5.74, 6) is 0.988. The number of rotatable bonds is 6. The van der Waals surface area contributed by atoms with Gasteiger partial charge in [0, 0.05) is 18.3 Å². The van der Waals surface area contributed by atoms with Gasteiger partial charge in [-0.05, 0) is 49.4 Å². The first-order chi connectivity index (χ1) is 10.8. The van der Waals surface area contributed by atoms with Crippen LogP contribution in [0.5, 0.6) is 0 Å². The smallest absolute Gasteiger partial charge is 0.126 e. The summed E-state index contributed by atoms with van der Waals surface area (Å²) < 4.78 is 0. The van der Waals surface area contributed by atoms with Crippen molar-refractivity contribution in [3.05, 3.63) is 59.3 Å². The molecular formula is C19H25N3. The predicted octanol–water partition coefficient (Wildman–Crippen LogP) is 3.55. The van der Waals surface area contributed by atoms with Crippen LogP contribution in [0.1, 0.15) is 36.6 Å². The van der Waals surface area contributed by atoms with Gasteiger partial charge in [0.15, 0.2) is 0 Å². The molecule has 3 rings (SSSR count). The normalized spacial score (nSPS) is 17.0. The zero-order chi connectivity index (χ0) is 15.2. The Morgan fingerprint density at radius 1 is 1.14 bits per heavy atom. The number of aryl methyl sites for hydroxylation is 1. The molecule has 1 aromatic carbocycles. The topological polar surface area (TPSA) is 37.0 Å². The molecule has 0 fully saturated rings. The molecule has 1 aliphatic rings. The van der Waals surface area contributed by atoms with E-state index in [9.17, 15) is 0 Å². The van der Waals surface area contributed by atoms with Crippen LogP contribution in [0.25, 0.3) is 0 Å². The lowest BCUT2D eigenvalue weighted by Crippen LogP contribution is -2.35. The van der Waals surface area contributed by atoms with Crippen LogP contribution in [0.15, 0.2) is 42.5 Å². The first-order valence-corrected chi connectivity index (χ1v) is 8.35. The van der Waals surface area contributed by atoms with Gasteiger partial charge in [0.25, 0.3) is 0 Å². The molecule has 3 nitrogen and oxygen atoms in total. The molecule has 0 radical (unpaired) electrons. The molecule has 1 atom stereocenters. The zero-order valence-corrected chi connectivity index (χ0v) is 13.3. The number of benzene rings is 1. The van der Waals surface area contributed by atoms with Crippen LogP contribution in [0.3, 0.4) is 0 Å². The van der Waals surface area contributed by atoms with Crippen LogP contribution in [0.2, 0.25) is 0 Å². The van der Waals surface area contributed by atoms with Crippen molar-refractivity contribution in [3.8, 4) is 0 Å². The highest BCUT2D eigenvalue weighted by Gasteiger charge is 2.19. The molecule has 0 aliphatic heterocycles. The van der Waals surface area contributed by atoms with Gasteiger partial charge in [0.2, 0.25) is 0 Å². The molecular weight excluding hydrogens is 270 g/mol. The van der Waals surface area contributed by atoms with Gasteiger partial charge in [-0.15, -0.1) is 0 Å². The molecule has 1 heterocycles. The van der Waals surface area contributed by atoms with Crippen LogP contribution < -0.4 is 10.6 Å². The third-order valence-electron chi connectivity index (χ3n) is 4.26. The number of anilines is 1. The van der Waals surface area contributed by atoms with Gasteiger partial charge < -0.3 is 10.6 Å². The van der Waals surface area contributed by atoms with Gasteiger partial charge in [0.05, 0.1) is 0 Å². The third kappa shape index (κ3) is 3.86.